The lowest BCUT2D eigenvalue weighted by Crippen LogP contribution is -2.50. The summed E-state index contributed by atoms with van der Waals surface area (Å²) >= 11 is 1.46. The van der Waals surface area contributed by atoms with Crippen molar-refractivity contribution >= 4 is 29.0 Å². The lowest BCUT2D eigenvalue weighted by molar-refractivity contribution is -0.384. The zero-order chi connectivity index (χ0) is 22.8. The molecule has 31 heavy (non-hydrogen) atoms. The van der Waals surface area contributed by atoms with Crippen LogP contribution in [-0.4, -0.2) is 47.2 Å². The molecule has 2 aromatic rings. The summed E-state index contributed by atoms with van der Waals surface area (Å²) < 4.78 is 38.7. The molecular weight excluding hydrogens is 431 g/mol. The number of halogens is 3. The average Bonchev–Trinajstić information content (AvgIpc) is 2.73. The highest BCUT2D eigenvalue weighted by molar-refractivity contribution is 8.00. The zero-order valence-corrected chi connectivity index (χ0v) is 17.9. The Morgan fingerprint density at radius 3 is 2.26 bits per heavy atom. The second-order valence-electron chi connectivity index (χ2n) is 7.34. The van der Waals surface area contributed by atoms with Crippen molar-refractivity contribution in [3.63, 3.8) is 0 Å². The third-order valence-corrected chi connectivity index (χ3v) is 6.21. The van der Waals surface area contributed by atoms with Gasteiger partial charge in [0.05, 0.1) is 15.7 Å². The Balaban J connectivity index is 1.65. The highest BCUT2D eigenvalue weighted by atomic mass is 32.2. The van der Waals surface area contributed by atoms with E-state index in [1.54, 1.807) is 9.80 Å². The van der Waals surface area contributed by atoms with Gasteiger partial charge in [-0.3, -0.25) is 14.9 Å². The molecule has 1 aliphatic rings. The first kappa shape index (κ1) is 22.9. The molecule has 1 heterocycles. The fraction of sp³-hybridized carbons (Fsp3) is 0.381. The summed E-state index contributed by atoms with van der Waals surface area (Å²) in [6.45, 7) is 5.12. The number of thioether (sulfide) groups is 1. The molecule has 166 valence electrons. The number of aryl methyl sites for hydroxylation is 1. The maximum Gasteiger partial charge on any atom is 0.416 e. The predicted octanol–water partition coefficient (Wildman–Crippen LogP) is 4.75. The van der Waals surface area contributed by atoms with E-state index >= 15 is 0 Å². The molecule has 1 amide bonds. The molecule has 1 unspecified atom stereocenters. The molecule has 0 spiro atoms. The van der Waals surface area contributed by atoms with Gasteiger partial charge in [0.2, 0.25) is 5.91 Å². The van der Waals surface area contributed by atoms with Crippen molar-refractivity contribution in [2.75, 3.05) is 31.1 Å². The van der Waals surface area contributed by atoms with E-state index < -0.39 is 22.4 Å². The Morgan fingerprint density at radius 1 is 1.10 bits per heavy atom. The third-order valence-electron chi connectivity index (χ3n) is 5.11. The number of nitro groups is 1. The summed E-state index contributed by atoms with van der Waals surface area (Å²) in [5.74, 6) is -0.0351. The van der Waals surface area contributed by atoms with Gasteiger partial charge in [0.1, 0.15) is 5.69 Å². The Kier molecular flexibility index (Phi) is 6.78. The van der Waals surface area contributed by atoms with E-state index in [4.69, 9.17) is 0 Å². The molecule has 0 N–H and O–H groups in total. The molecule has 1 saturated heterocycles. The van der Waals surface area contributed by atoms with Crippen LogP contribution in [0.5, 0.6) is 0 Å². The summed E-state index contributed by atoms with van der Waals surface area (Å²) in [6.07, 6.45) is -4.65. The first-order chi connectivity index (χ1) is 14.6. The SMILES string of the molecule is Cc1ccc(SC(C)C(=O)N2CCN(c3ccc(C(F)(F)F)cc3[N+](=O)[O-])CC2)cc1. The summed E-state index contributed by atoms with van der Waals surface area (Å²) in [4.78, 5) is 27.7. The fourth-order valence-corrected chi connectivity index (χ4v) is 4.36. The molecule has 1 aliphatic heterocycles. The quantitative estimate of drug-likeness (QED) is 0.371. The van der Waals surface area contributed by atoms with Gasteiger partial charge >= 0.3 is 6.18 Å². The lowest BCUT2D eigenvalue weighted by atomic mass is 10.1. The second-order valence-corrected chi connectivity index (χ2v) is 8.76. The van der Waals surface area contributed by atoms with E-state index in [1.165, 1.54) is 11.8 Å². The highest BCUT2D eigenvalue weighted by Gasteiger charge is 2.34. The number of nitro benzene ring substituents is 1. The maximum absolute atomic E-state index is 12.9. The van der Waals surface area contributed by atoms with Gasteiger partial charge in [0.25, 0.3) is 5.69 Å². The van der Waals surface area contributed by atoms with Gasteiger partial charge in [-0.1, -0.05) is 17.7 Å². The largest absolute Gasteiger partial charge is 0.416 e. The topological polar surface area (TPSA) is 66.7 Å². The Morgan fingerprint density at radius 2 is 1.71 bits per heavy atom. The van der Waals surface area contributed by atoms with Gasteiger partial charge in [-0.25, -0.2) is 0 Å². The number of alkyl halides is 3. The van der Waals surface area contributed by atoms with E-state index in [2.05, 4.69) is 0 Å². The van der Waals surface area contributed by atoms with Crippen molar-refractivity contribution in [3.05, 3.63) is 63.7 Å². The molecule has 0 saturated carbocycles. The molecule has 0 radical (unpaired) electrons. The van der Waals surface area contributed by atoms with Crippen molar-refractivity contribution < 1.29 is 22.9 Å². The van der Waals surface area contributed by atoms with Gasteiger partial charge in [0, 0.05) is 37.1 Å². The minimum atomic E-state index is -4.65. The molecule has 1 atom stereocenters. The standard InChI is InChI=1S/C21H22F3N3O3S/c1-14-3-6-17(7-4-14)31-15(2)20(28)26-11-9-25(10-12-26)18-8-5-16(21(22,23)24)13-19(18)27(29)30/h3-8,13,15H,9-12H2,1-2H3. The van der Waals surface area contributed by atoms with Crippen LogP contribution >= 0.6 is 11.8 Å². The Labute approximate surface area is 182 Å². The molecular formula is C21H22F3N3O3S. The lowest BCUT2D eigenvalue weighted by Gasteiger charge is -2.36. The molecule has 2 aromatic carbocycles. The first-order valence-corrected chi connectivity index (χ1v) is 10.6. The van der Waals surface area contributed by atoms with Crippen LogP contribution < -0.4 is 4.90 Å². The summed E-state index contributed by atoms with van der Waals surface area (Å²) in [7, 11) is 0. The van der Waals surface area contributed by atoms with Crippen LogP contribution in [-0.2, 0) is 11.0 Å². The van der Waals surface area contributed by atoms with Gasteiger partial charge in [-0.2, -0.15) is 13.2 Å². The summed E-state index contributed by atoms with van der Waals surface area (Å²) in [6, 6.07) is 10.4. The number of nitrogens with zero attached hydrogens (tertiary/aromatic N) is 3. The molecule has 0 bridgehead atoms. The third kappa shape index (κ3) is 5.49. The van der Waals surface area contributed by atoms with Crippen LogP contribution in [0.4, 0.5) is 24.5 Å². The van der Waals surface area contributed by atoms with Gasteiger partial charge in [-0.15, -0.1) is 11.8 Å². The number of hydrogen-bond acceptors (Lipinski definition) is 5. The Hall–Kier alpha value is -2.75. The van der Waals surface area contributed by atoms with Gasteiger partial charge in [0.15, 0.2) is 0 Å². The van der Waals surface area contributed by atoms with E-state index in [0.717, 1.165) is 22.6 Å². The van der Waals surface area contributed by atoms with E-state index in [0.29, 0.717) is 32.2 Å². The number of piperazine rings is 1. The smallest absolute Gasteiger partial charge is 0.362 e. The van der Waals surface area contributed by atoms with Crippen LogP contribution in [0.2, 0.25) is 0 Å². The highest BCUT2D eigenvalue weighted by Crippen LogP contribution is 2.37. The van der Waals surface area contributed by atoms with Crippen LogP contribution in [0.15, 0.2) is 47.4 Å². The number of amides is 1. The maximum atomic E-state index is 12.9. The minimum absolute atomic E-state index is 0.0351. The number of carbonyl (C=O) groups excluding carboxylic acids is 1. The molecule has 6 nitrogen and oxygen atoms in total. The first-order valence-electron chi connectivity index (χ1n) is 9.69. The number of benzene rings is 2. The van der Waals surface area contributed by atoms with E-state index in [1.807, 2.05) is 38.1 Å². The normalized spacial score (nSPS) is 15.6. The number of carbonyl (C=O) groups is 1. The fourth-order valence-electron chi connectivity index (χ4n) is 3.41. The minimum Gasteiger partial charge on any atom is -0.362 e. The van der Waals surface area contributed by atoms with Crippen molar-refractivity contribution in [2.45, 2.75) is 30.2 Å². The zero-order valence-electron chi connectivity index (χ0n) is 17.1. The monoisotopic (exact) mass is 453 g/mol. The second kappa shape index (κ2) is 9.17. The average molecular weight is 453 g/mol. The van der Waals surface area contributed by atoms with Crippen LogP contribution in [0.3, 0.4) is 0 Å². The van der Waals surface area contributed by atoms with Gasteiger partial charge < -0.3 is 9.80 Å². The summed E-state index contributed by atoms with van der Waals surface area (Å²) in [5, 5.41) is 11.0. The van der Waals surface area contributed by atoms with Crippen molar-refractivity contribution in [2.24, 2.45) is 0 Å². The Bertz CT molecular complexity index is 959. The van der Waals surface area contributed by atoms with E-state index in [9.17, 15) is 28.1 Å². The molecule has 1 fully saturated rings. The predicted molar refractivity (Wildman–Crippen MR) is 113 cm³/mol. The molecule has 0 aromatic heterocycles. The number of anilines is 1. The van der Waals surface area contributed by atoms with Crippen LogP contribution in [0.25, 0.3) is 0 Å². The van der Waals surface area contributed by atoms with Crippen molar-refractivity contribution in [1.29, 1.82) is 0 Å². The molecule has 10 heteroatoms. The molecule has 0 aliphatic carbocycles. The molecule has 3 rings (SSSR count). The number of rotatable bonds is 5. The van der Waals surface area contributed by atoms with E-state index in [-0.39, 0.29) is 16.8 Å². The van der Waals surface area contributed by atoms with Crippen molar-refractivity contribution in [3.8, 4) is 0 Å². The van der Waals surface area contributed by atoms with Crippen LogP contribution in [0.1, 0.15) is 18.1 Å². The summed E-state index contributed by atoms with van der Waals surface area (Å²) in [5.41, 5.74) is -0.374. The van der Waals surface area contributed by atoms with Gasteiger partial charge in [-0.05, 0) is 38.1 Å². The number of hydrogen-bond donors (Lipinski definition) is 0. The van der Waals surface area contributed by atoms with Crippen LogP contribution in [0, 0.1) is 17.0 Å². The van der Waals surface area contributed by atoms with Crippen molar-refractivity contribution in [1.82, 2.24) is 4.90 Å².